The van der Waals surface area contributed by atoms with E-state index in [0.29, 0.717) is 12.5 Å². The quantitative estimate of drug-likeness (QED) is 0.879. The number of fused-ring (bicyclic) bond motifs is 1. The number of nitrogens with zero attached hydrogens (tertiary/aromatic N) is 2. The van der Waals surface area contributed by atoms with Crippen LogP contribution in [-0.4, -0.2) is 40.3 Å². The summed E-state index contributed by atoms with van der Waals surface area (Å²) in [7, 11) is 0. The highest BCUT2D eigenvalue weighted by molar-refractivity contribution is 5.79. The third-order valence-corrected chi connectivity index (χ3v) is 4.28. The lowest BCUT2D eigenvalue weighted by molar-refractivity contribution is -0.141. The molecule has 1 N–H and O–H groups in total. The first-order valence-electron chi connectivity index (χ1n) is 7.19. The maximum Gasteiger partial charge on any atom is 0.226 e. The van der Waals surface area contributed by atoms with Crippen molar-refractivity contribution in [1.82, 2.24) is 15.1 Å². The molecule has 5 nitrogen and oxygen atoms in total. The van der Waals surface area contributed by atoms with Crippen LogP contribution >= 0.6 is 0 Å². The molecule has 0 aliphatic carbocycles. The number of H-pyrrole nitrogens is 1. The van der Waals surface area contributed by atoms with E-state index in [0.717, 1.165) is 38.8 Å². The summed E-state index contributed by atoms with van der Waals surface area (Å²) >= 11 is 0. The van der Waals surface area contributed by atoms with Crippen LogP contribution in [0.3, 0.4) is 0 Å². The van der Waals surface area contributed by atoms with Gasteiger partial charge in [0.15, 0.2) is 0 Å². The number of hydrogen-bond acceptors (Lipinski definition) is 3. The number of aromatic nitrogens is 2. The Morgan fingerprint density at radius 1 is 1.63 bits per heavy atom. The number of hydrogen-bond donors (Lipinski definition) is 1. The summed E-state index contributed by atoms with van der Waals surface area (Å²) in [5, 5.41) is 7.06. The first-order valence-corrected chi connectivity index (χ1v) is 7.19. The van der Waals surface area contributed by atoms with E-state index in [1.807, 2.05) is 11.1 Å². The molecular weight excluding hydrogens is 242 g/mol. The fourth-order valence-corrected chi connectivity index (χ4v) is 3.06. The lowest BCUT2D eigenvalue weighted by Gasteiger charge is -2.34. The van der Waals surface area contributed by atoms with Crippen molar-refractivity contribution in [2.45, 2.75) is 45.3 Å². The largest absolute Gasteiger partial charge is 0.378 e. The van der Waals surface area contributed by atoms with Gasteiger partial charge in [-0.1, -0.05) is 6.92 Å². The molecule has 19 heavy (non-hydrogen) atoms. The minimum atomic E-state index is 0.146. The van der Waals surface area contributed by atoms with E-state index >= 15 is 0 Å². The number of amides is 1. The van der Waals surface area contributed by atoms with Gasteiger partial charge in [0.1, 0.15) is 0 Å². The smallest absolute Gasteiger partial charge is 0.226 e. The Labute approximate surface area is 113 Å². The summed E-state index contributed by atoms with van der Waals surface area (Å²) in [4.78, 5) is 14.6. The van der Waals surface area contributed by atoms with Gasteiger partial charge in [-0.3, -0.25) is 9.89 Å². The van der Waals surface area contributed by atoms with Crippen molar-refractivity contribution in [3.8, 4) is 0 Å². The second-order valence-corrected chi connectivity index (χ2v) is 5.51. The Kier molecular flexibility index (Phi) is 3.55. The Morgan fingerprint density at radius 2 is 2.53 bits per heavy atom. The molecule has 5 heteroatoms. The van der Waals surface area contributed by atoms with Crippen LogP contribution in [0.15, 0.2) is 6.20 Å². The average Bonchev–Trinajstić information content (AvgIpc) is 2.94. The van der Waals surface area contributed by atoms with Crippen LogP contribution in [0, 0.1) is 5.92 Å². The molecule has 1 aromatic rings. The van der Waals surface area contributed by atoms with Crippen LogP contribution in [-0.2, 0) is 22.5 Å². The molecule has 2 atom stereocenters. The summed E-state index contributed by atoms with van der Waals surface area (Å²) in [6, 6.07) is 0. The molecule has 1 amide bonds. The van der Waals surface area contributed by atoms with E-state index in [2.05, 4.69) is 17.1 Å². The molecule has 104 valence electrons. The second-order valence-electron chi connectivity index (χ2n) is 5.51. The molecule has 1 aromatic heterocycles. The minimum Gasteiger partial charge on any atom is -0.378 e. The molecule has 3 rings (SSSR count). The summed E-state index contributed by atoms with van der Waals surface area (Å²) < 4.78 is 5.65. The topological polar surface area (TPSA) is 58.2 Å². The molecule has 2 aliphatic rings. The second kappa shape index (κ2) is 5.33. The highest BCUT2D eigenvalue weighted by Crippen LogP contribution is 2.26. The van der Waals surface area contributed by atoms with Crippen LogP contribution in [0.2, 0.25) is 0 Å². The highest BCUT2D eigenvalue weighted by Gasteiger charge is 2.31. The lowest BCUT2D eigenvalue weighted by atomic mass is 9.92. The zero-order valence-electron chi connectivity index (χ0n) is 11.4. The van der Waals surface area contributed by atoms with Crippen molar-refractivity contribution in [3.63, 3.8) is 0 Å². The zero-order chi connectivity index (χ0) is 13.2. The lowest BCUT2D eigenvalue weighted by Crippen LogP contribution is -2.42. The molecule has 0 saturated carbocycles. The Bertz CT molecular complexity index is 457. The predicted octanol–water partition coefficient (Wildman–Crippen LogP) is 1.50. The molecule has 0 bridgehead atoms. The third-order valence-electron chi connectivity index (χ3n) is 4.28. The van der Waals surface area contributed by atoms with Crippen molar-refractivity contribution in [1.29, 1.82) is 0 Å². The van der Waals surface area contributed by atoms with Gasteiger partial charge in [0.25, 0.3) is 0 Å². The van der Waals surface area contributed by atoms with Crippen molar-refractivity contribution in [2.24, 2.45) is 5.92 Å². The molecule has 0 aromatic carbocycles. The normalized spacial score (nSPS) is 27.1. The van der Waals surface area contributed by atoms with Gasteiger partial charge in [-0.25, -0.2) is 0 Å². The number of rotatable bonds is 2. The van der Waals surface area contributed by atoms with Crippen molar-refractivity contribution in [3.05, 3.63) is 17.5 Å². The third kappa shape index (κ3) is 2.52. The first-order chi connectivity index (χ1) is 9.28. The van der Waals surface area contributed by atoms with Crippen LogP contribution in [0.25, 0.3) is 0 Å². The number of ether oxygens (including phenoxy) is 1. The van der Waals surface area contributed by atoms with Crippen LogP contribution < -0.4 is 0 Å². The van der Waals surface area contributed by atoms with E-state index in [1.54, 1.807) is 0 Å². The van der Waals surface area contributed by atoms with Gasteiger partial charge in [0.05, 0.1) is 12.3 Å². The Morgan fingerprint density at radius 3 is 3.37 bits per heavy atom. The van der Waals surface area contributed by atoms with E-state index in [1.165, 1.54) is 11.3 Å². The Balaban J connectivity index is 1.65. The maximum atomic E-state index is 12.6. The van der Waals surface area contributed by atoms with Gasteiger partial charge in [0.2, 0.25) is 5.91 Å². The fourth-order valence-electron chi connectivity index (χ4n) is 3.06. The van der Waals surface area contributed by atoms with Gasteiger partial charge < -0.3 is 9.64 Å². The van der Waals surface area contributed by atoms with Gasteiger partial charge in [-0.2, -0.15) is 5.10 Å². The molecule has 0 radical (unpaired) electrons. The Hall–Kier alpha value is -1.36. The van der Waals surface area contributed by atoms with Gasteiger partial charge in [0, 0.05) is 43.3 Å². The molecule has 1 saturated heterocycles. The standard InChI is InChI=1S/C14H21N3O2/c1-2-12-7-10(4-6-19-12)14(18)17-5-3-13-11(9-17)8-15-16-13/h8,10,12H,2-7,9H2,1H3,(H,15,16). The van der Waals surface area contributed by atoms with Crippen LogP contribution in [0.5, 0.6) is 0 Å². The van der Waals surface area contributed by atoms with Crippen LogP contribution in [0.4, 0.5) is 0 Å². The number of carbonyl (C=O) groups is 1. The highest BCUT2D eigenvalue weighted by atomic mass is 16.5. The molecule has 2 aliphatic heterocycles. The van der Waals surface area contributed by atoms with Gasteiger partial charge in [-0.15, -0.1) is 0 Å². The van der Waals surface area contributed by atoms with Crippen molar-refractivity contribution >= 4 is 5.91 Å². The number of aromatic amines is 1. The fraction of sp³-hybridized carbons (Fsp3) is 0.714. The molecule has 0 spiro atoms. The SMILES string of the molecule is CCC1CC(C(=O)N2CCc3[nH]ncc3C2)CCO1. The molecular formula is C14H21N3O2. The molecule has 3 heterocycles. The van der Waals surface area contributed by atoms with Crippen molar-refractivity contribution < 1.29 is 9.53 Å². The average molecular weight is 263 g/mol. The minimum absolute atomic E-state index is 0.146. The monoisotopic (exact) mass is 263 g/mol. The summed E-state index contributed by atoms with van der Waals surface area (Å²) in [5.41, 5.74) is 2.35. The first kappa shape index (κ1) is 12.7. The summed E-state index contributed by atoms with van der Waals surface area (Å²) in [5.74, 6) is 0.445. The van der Waals surface area contributed by atoms with Crippen molar-refractivity contribution in [2.75, 3.05) is 13.2 Å². The zero-order valence-corrected chi connectivity index (χ0v) is 11.4. The van der Waals surface area contributed by atoms with E-state index in [-0.39, 0.29) is 12.0 Å². The number of nitrogens with one attached hydrogen (secondary N) is 1. The van der Waals surface area contributed by atoms with E-state index in [4.69, 9.17) is 4.74 Å². The van der Waals surface area contributed by atoms with Crippen LogP contribution in [0.1, 0.15) is 37.4 Å². The van der Waals surface area contributed by atoms with Gasteiger partial charge in [-0.05, 0) is 19.3 Å². The van der Waals surface area contributed by atoms with Gasteiger partial charge >= 0.3 is 0 Å². The number of carbonyl (C=O) groups excluding carboxylic acids is 1. The summed E-state index contributed by atoms with van der Waals surface area (Å²) in [6.45, 7) is 4.36. The molecule has 2 unspecified atom stereocenters. The summed E-state index contributed by atoms with van der Waals surface area (Å²) in [6.07, 6.45) is 5.73. The molecule has 1 fully saturated rings. The predicted molar refractivity (Wildman–Crippen MR) is 70.5 cm³/mol. The van der Waals surface area contributed by atoms with E-state index in [9.17, 15) is 4.79 Å². The maximum absolute atomic E-state index is 12.6. The van der Waals surface area contributed by atoms with E-state index < -0.39 is 0 Å².